The summed E-state index contributed by atoms with van der Waals surface area (Å²) in [5.74, 6) is -0.222. The van der Waals surface area contributed by atoms with E-state index < -0.39 is 0 Å². The third-order valence-corrected chi connectivity index (χ3v) is 5.07. The first-order chi connectivity index (χ1) is 9.15. The molecule has 4 nitrogen and oxygen atoms in total. The van der Waals surface area contributed by atoms with Gasteiger partial charge in [0.25, 0.3) is 0 Å². The van der Waals surface area contributed by atoms with Gasteiger partial charge in [0, 0.05) is 6.54 Å². The molecule has 1 spiro atoms. The molecule has 1 unspecified atom stereocenters. The molecule has 3 N–H and O–H groups in total. The Balaban J connectivity index is 1.80. The highest BCUT2D eigenvalue weighted by molar-refractivity contribution is 5.80. The third-order valence-electron chi connectivity index (χ3n) is 5.07. The van der Waals surface area contributed by atoms with Crippen LogP contribution in [0.5, 0.6) is 0 Å². The molecule has 110 valence electrons. The zero-order valence-electron chi connectivity index (χ0n) is 12.3. The van der Waals surface area contributed by atoms with Crippen LogP contribution in [-0.2, 0) is 4.79 Å². The lowest BCUT2D eigenvalue weighted by Crippen LogP contribution is -2.51. The number of nitrogens with one attached hydrogen (secondary N) is 1. The fourth-order valence-corrected chi connectivity index (χ4v) is 3.77. The van der Waals surface area contributed by atoms with Crippen molar-refractivity contribution in [3.63, 3.8) is 0 Å². The summed E-state index contributed by atoms with van der Waals surface area (Å²) in [5, 5.41) is 3.18. The summed E-state index contributed by atoms with van der Waals surface area (Å²) in [6.07, 6.45) is 9.73. The minimum absolute atomic E-state index is 0.189. The maximum absolute atomic E-state index is 11.4. The lowest BCUT2D eigenvalue weighted by atomic mass is 9.68. The molecule has 0 aromatic carbocycles. The Morgan fingerprint density at radius 2 is 1.84 bits per heavy atom. The van der Waals surface area contributed by atoms with Crippen molar-refractivity contribution in [2.24, 2.45) is 11.1 Å². The molecule has 1 aliphatic carbocycles. The van der Waals surface area contributed by atoms with Gasteiger partial charge in [0.05, 0.1) is 6.04 Å². The van der Waals surface area contributed by atoms with E-state index in [1.807, 2.05) is 6.92 Å². The molecule has 1 amide bonds. The molecule has 1 heterocycles. The van der Waals surface area contributed by atoms with Crippen molar-refractivity contribution >= 4 is 5.91 Å². The summed E-state index contributed by atoms with van der Waals surface area (Å²) in [6, 6.07) is -0.189. The number of likely N-dealkylation sites (tertiary alicyclic amines) is 1. The normalized spacial score (nSPS) is 25.3. The van der Waals surface area contributed by atoms with Gasteiger partial charge in [0.2, 0.25) is 5.91 Å². The van der Waals surface area contributed by atoms with Crippen LogP contribution >= 0.6 is 0 Å². The van der Waals surface area contributed by atoms with Crippen molar-refractivity contribution < 1.29 is 4.79 Å². The van der Waals surface area contributed by atoms with Crippen LogP contribution in [0.1, 0.15) is 51.9 Å². The Morgan fingerprint density at radius 1 is 1.21 bits per heavy atom. The molecule has 0 radical (unpaired) electrons. The van der Waals surface area contributed by atoms with Crippen LogP contribution in [0, 0.1) is 5.41 Å². The average Bonchev–Trinajstić information content (AvgIpc) is 2.42. The van der Waals surface area contributed by atoms with E-state index in [2.05, 4.69) is 10.2 Å². The second-order valence-electron chi connectivity index (χ2n) is 6.37. The quantitative estimate of drug-likeness (QED) is 0.793. The van der Waals surface area contributed by atoms with Crippen molar-refractivity contribution in [1.29, 1.82) is 0 Å². The monoisotopic (exact) mass is 267 g/mol. The van der Waals surface area contributed by atoms with E-state index in [4.69, 9.17) is 5.73 Å². The summed E-state index contributed by atoms with van der Waals surface area (Å²) in [7, 11) is 0. The van der Waals surface area contributed by atoms with Gasteiger partial charge in [-0.15, -0.1) is 0 Å². The first-order valence-electron chi connectivity index (χ1n) is 7.90. The van der Waals surface area contributed by atoms with E-state index in [9.17, 15) is 4.79 Å². The van der Waals surface area contributed by atoms with E-state index in [1.54, 1.807) is 0 Å². The minimum atomic E-state index is -0.222. The molecule has 2 aliphatic rings. The smallest absolute Gasteiger partial charge is 0.235 e. The number of amides is 1. The number of primary amides is 1. The summed E-state index contributed by atoms with van der Waals surface area (Å²) >= 11 is 0. The number of hydrogen-bond donors (Lipinski definition) is 2. The fraction of sp³-hybridized carbons (Fsp3) is 0.933. The van der Waals surface area contributed by atoms with Gasteiger partial charge in [-0.1, -0.05) is 26.2 Å². The van der Waals surface area contributed by atoms with Gasteiger partial charge in [0.15, 0.2) is 0 Å². The summed E-state index contributed by atoms with van der Waals surface area (Å²) in [6.45, 7) is 5.86. The van der Waals surface area contributed by atoms with E-state index >= 15 is 0 Å². The maximum atomic E-state index is 11.4. The van der Waals surface area contributed by atoms with Crippen molar-refractivity contribution in [1.82, 2.24) is 10.2 Å². The standard InChI is InChI=1S/C15H29N3O/c1-2-17-13(14(16)19)12-18-10-8-15(9-11-18)6-4-3-5-7-15/h13,17H,2-12H2,1H3,(H2,16,19). The van der Waals surface area contributed by atoms with E-state index in [1.165, 1.54) is 44.9 Å². The maximum Gasteiger partial charge on any atom is 0.235 e. The van der Waals surface area contributed by atoms with Crippen LogP contribution < -0.4 is 11.1 Å². The molecule has 1 saturated heterocycles. The molecular weight excluding hydrogens is 238 g/mol. The summed E-state index contributed by atoms with van der Waals surface area (Å²) in [4.78, 5) is 13.8. The van der Waals surface area contributed by atoms with Crippen LogP contribution in [0.25, 0.3) is 0 Å². The number of carbonyl (C=O) groups is 1. The fourth-order valence-electron chi connectivity index (χ4n) is 3.77. The van der Waals surface area contributed by atoms with Crippen LogP contribution in [0.2, 0.25) is 0 Å². The van der Waals surface area contributed by atoms with Gasteiger partial charge < -0.3 is 16.0 Å². The highest BCUT2D eigenvalue weighted by Gasteiger charge is 2.36. The first-order valence-corrected chi connectivity index (χ1v) is 7.90. The van der Waals surface area contributed by atoms with Crippen LogP contribution in [0.4, 0.5) is 0 Å². The molecule has 19 heavy (non-hydrogen) atoms. The third kappa shape index (κ3) is 3.93. The largest absolute Gasteiger partial charge is 0.368 e. The number of likely N-dealkylation sites (N-methyl/N-ethyl adjacent to an activating group) is 1. The summed E-state index contributed by atoms with van der Waals surface area (Å²) < 4.78 is 0. The van der Waals surface area contributed by atoms with Gasteiger partial charge in [-0.25, -0.2) is 0 Å². The molecule has 1 atom stereocenters. The predicted octanol–water partition coefficient (Wildman–Crippen LogP) is 1.50. The lowest BCUT2D eigenvalue weighted by molar-refractivity contribution is -0.120. The van der Waals surface area contributed by atoms with Crippen LogP contribution in [0.15, 0.2) is 0 Å². The number of piperidine rings is 1. The van der Waals surface area contributed by atoms with E-state index in [0.29, 0.717) is 5.41 Å². The van der Waals surface area contributed by atoms with Gasteiger partial charge >= 0.3 is 0 Å². The molecule has 0 aromatic rings. The Labute approximate surface area is 117 Å². The Bertz CT molecular complexity index is 290. The number of nitrogens with two attached hydrogens (primary N) is 1. The summed E-state index contributed by atoms with van der Waals surface area (Å²) in [5.41, 5.74) is 6.08. The van der Waals surface area contributed by atoms with E-state index in [0.717, 1.165) is 26.2 Å². The number of rotatable bonds is 5. The SMILES string of the molecule is CCNC(CN1CCC2(CCCCC2)CC1)C(N)=O. The molecule has 0 aromatic heterocycles. The predicted molar refractivity (Wildman–Crippen MR) is 77.9 cm³/mol. The van der Waals surface area contributed by atoms with Crippen molar-refractivity contribution in [2.45, 2.75) is 57.9 Å². The number of carbonyl (C=O) groups excluding carboxylic acids is 1. The zero-order valence-corrected chi connectivity index (χ0v) is 12.3. The van der Waals surface area contributed by atoms with Gasteiger partial charge in [-0.05, 0) is 50.7 Å². The Kier molecular flexibility index (Phi) is 5.22. The molecule has 1 aliphatic heterocycles. The molecule has 1 saturated carbocycles. The Hall–Kier alpha value is -0.610. The van der Waals surface area contributed by atoms with Gasteiger partial charge in [-0.2, -0.15) is 0 Å². The topological polar surface area (TPSA) is 58.4 Å². The average molecular weight is 267 g/mol. The Morgan fingerprint density at radius 3 is 2.37 bits per heavy atom. The highest BCUT2D eigenvalue weighted by Crippen LogP contribution is 2.44. The lowest BCUT2D eigenvalue weighted by Gasteiger charge is -2.44. The molecular formula is C15H29N3O. The van der Waals surface area contributed by atoms with Crippen molar-refractivity contribution in [2.75, 3.05) is 26.2 Å². The first kappa shape index (κ1) is 14.8. The van der Waals surface area contributed by atoms with E-state index in [-0.39, 0.29) is 11.9 Å². The minimum Gasteiger partial charge on any atom is -0.368 e. The van der Waals surface area contributed by atoms with Gasteiger partial charge in [-0.3, -0.25) is 4.79 Å². The highest BCUT2D eigenvalue weighted by atomic mass is 16.1. The molecule has 2 rings (SSSR count). The van der Waals surface area contributed by atoms with Crippen molar-refractivity contribution in [3.8, 4) is 0 Å². The van der Waals surface area contributed by atoms with Crippen LogP contribution in [0.3, 0.4) is 0 Å². The molecule has 4 heteroatoms. The second-order valence-corrected chi connectivity index (χ2v) is 6.37. The molecule has 2 fully saturated rings. The zero-order chi connectivity index (χ0) is 13.7. The van der Waals surface area contributed by atoms with Crippen molar-refractivity contribution in [3.05, 3.63) is 0 Å². The number of nitrogens with zero attached hydrogens (tertiary/aromatic N) is 1. The second kappa shape index (κ2) is 6.71. The number of hydrogen-bond acceptors (Lipinski definition) is 3. The van der Waals surface area contributed by atoms with Crippen LogP contribution in [-0.4, -0.2) is 43.0 Å². The molecule has 0 bridgehead atoms. The van der Waals surface area contributed by atoms with Gasteiger partial charge in [0.1, 0.15) is 0 Å².